The molecule has 0 unspecified atom stereocenters. The molecule has 1 aromatic heterocycles. The summed E-state index contributed by atoms with van der Waals surface area (Å²) in [4.78, 5) is 10.8. The van der Waals surface area contributed by atoms with Gasteiger partial charge in [-0.15, -0.1) is 0 Å². The predicted octanol–water partition coefficient (Wildman–Crippen LogP) is 1.66. The van der Waals surface area contributed by atoms with E-state index in [4.69, 9.17) is 0 Å². The van der Waals surface area contributed by atoms with Gasteiger partial charge in [0.15, 0.2) is 0 Å². The van der Waals surface area contributed by atoms with Crippen molar-refractivity contribution in [2.45, 2.75) is 25.8 Å². The first-order chi connectivity index (χ1) is 8.17. The zero-order chi connectivity index (χ0) is 12.7. The third kappa shape index (κ3) is 4.56. The third-order valence-corrected chi connectivity index (χ3v) is 2.76. The lowest BCUT2D eigenvalue weighted by Crippen LogP contribution is -2.34. The molecule has 5 heteroatoms. The lowest BCUT2D eigenvalue weighted by Gasteiger charge is -2.24. The van der Waals surface area contributed by atoms with Gasteiger partial charge < -0.3 is 15.5 Å². The first kappa shape index (κ1) is 13.7. The Morgan fingerprint density at radius 2 is 2.18 bits per heavy atom. The van der Waals surface area contributed by atoms with Crippen molar-refractivity contribution in [3.63, 3.8) is 0 Å². The van der Waals surface area contributed by atoms with Gasteiger partial charge in [0.2, 0.25) is 5.95 Å². The zero-order valence-electron chi connectivity index (χ0n) is 11.2. The van der Waals surface area contributed by atoms with Crippen molar-refractivity contribution in [1.82, 2.24) is 14.9 Å². The number of nitrogens with one attached hydrogen (secondary N) is 2. The number of hydrogen-bond acceptors (Lipinski definition) is 5. The number of aromatic nitrogens is 2. The van der Waals surface area contributed by atoms with Crippen LogP contribution < -0.4 is 10.6 Å². The number of rotatable bonds is 7. The predicted molar refractivity (Wildman–Crippen MR) is 72.5 cm³/mol. The highest BCUT2D eigenvalue weighted by Gasteiger charge is 2.10. The maximum atomic E-state index is 4.33. The summed E-state index contributed by atoms with van der Waals surface area (Å²) < 4.78 is 0. The smallest absolute Gasteiger partial charge is 0.224 e. The van der Waals surface area contributed by atoms with Gasteiger partial charge in [-0.3, -0.25) is 0 Å². The average molecular weight is 237 g/mol. The largest absolute Gasteiger partial charge is 0.373 e. The van der Waals surface area contributed by atoms with Crippen LogP contribution in [0.2, 0.25) is 0 Å². The zero-order valence-corrected chi connectivity index (χ0v) is 11.2. The molecular weight excluding hydrogens is 214 g/mol. The summed E-state index contributed by atoms with van der Waals surface area (Å²) in [5.74, 6) is 1.51. The van der Waals surface area contributed by atoms with Gasteiger partial charge in [-0.05, 0) is 26.6 Å². The molecule has 1 heterocycles. The van der Waals surface area contributed by atoms with Crippen molar-refractivity contribution >= 4 is 11.8 Å². The second-order valence-electron chi connectivity index (χ2n) is 4.30. The number of anilines is 2. The minimum Gasteiger partial charge on any atom is -0.373 e. The molecule has 0 saturated carbocycles. The maximum Gasteiger partial charge on any atom is 0.224 e. The fourth-order valence-corrected chi connectivity index (χ4v) is 1.67. The van der Waals surface area contributed by atoms with Gasteiger partial charge in [-0.2, -0.15) is 4.98 Å². The molecular formula is C12H23N5. The molecule has 1 rings (SSSR count). The Kier molecular flexibility index (Phi) is 5.69. The van der Waals surface area contributed by atoms with Crippen LogP contribution in [0.15, 0.2) is 12.3 Å². The maximum absolute atomic E-state index is 4.33. The van der Waals surface area contributed by atoms with E-state index in [1.54, 1.807) is 6.20 Å². The lowest BCUT2D eigenvalue weighted by molar-refractivity contribution is 0.288. The first-order valence-electron chi connectivity index (χ1n) is 6.08. The van der Waals surface area contributed by atoms with Crippen LogP contribution >= 0.6 is 0 Å². The van der Waals surface area contributed by atoms with Crippen LogP contribution in [0.5, 0.6) is 0 Å². The van der Waals surface area contributed by atoms with Crippen molar-refractivity contribution < 1.29 is 0 Å². The van der Waals surface area contributed by atoms with Crippen LogP contribution in [0.1, 0.15) is 19.8 Å². The Bertz CT molecular complexity index is 326. The first-order valence-corrected chi connectivity index (χ1v) is 6.08. The number of likely N-dealkylation sites (N-methyl/N-ethyl adjacent to an activating group) is 1. The summed E-state index contributed by atoms with van der Waals surface area (Å²) in [6.07, 6.45) is 4.11. The SMILES string of the molecule is CCC[C@H](CNc1nccc(NC)n1)N(C)C. The van der Waals surface area contributed by atoms with E-state index in [9.17, 15) is 0 Å². The molecule has 0 aliphatic rings. The van der Waals surface area contributed by atoms with Gasteiger partial charge in [0.05, 0.1) is 0 Å². The van der Waals surface area contributed by atoms with E-state index in [1.807, 2.05) is 13.1 Å². The van der Waals surface area contributed by atoms with Gasteiger partial charge in [0.25, 0.3) is 0 Å². The van der Waals surface area contributed by atoms with E-state index in [2.05, 4.69) is 46.5 Å². The summed E-state index contributed by atoms with van der Waals surface area (Å²) in [5.41, 5.74) is 0. The van der Waals surface area contributed by atoms with Crippen LogP contribution in [0.4, 0.5) is 11.8 Å². The normalized spacial score (nSPS) is 12.5. The highest BCUT2D eigenvalue weighted by molar-refractivity contribution is 5.38. The summed E-state index contributed by atoms with van der Waals surface area (Å²) in [5, 5.41) is 6.28. The molecule has 0 amide bonds. The second-order valence-corrected chi connectivity index (χ2v) is 4.30. The van der Waals surface area contributed by atoms with Gasteiger partial charge in [0.1, 0.15) is 5.82 Å². The molecule has 0 radical (unpaired) electrons. The van der Waals surface area contributed by atoms with E-state index in [-0.39, 0.29) is 0 Å². The fraction of sp³-hybridized carbons (Fsp3) is 0.667. The summed E-state index contributed by atoms with van der Waals surface area (Å²) >= 11 is 0. The van der Waals surface area contributed by atoms with Crippen molar-refractivity contribution in [3.05, 3.63) is 12.3 Å². The quantitative estimate of drug-likeness (QED) is 0.755. The van der Waals surface area contributed by atoms with Crippen molar-refractivity contribution in [2.24, 2.45) is 0 Å². The third-order valence-electron chi connectivity index (χ3n) is 2.76. The Balaban J connectivity index is 2.52. The molecule has 96 valence electrons. The fourth-order valence-electron chi connectivity index (χ4n) is 1.67. The molecule has 0 bridgehead atoms. The van der Waals surface area contributed by atoms with Gasteiger partial charge in [0, 0.05) is 25.8 Å². The second kappa shape index (κ2) is 7.06. The molecule has 0 spiro atoms. The van der Waals surface area contributed by atoms with Gasteiger partial charge >= 0.3 is 0 Å². The Morgan fingerprint density at radius 3 is 2.76 bits per heavy atom. The minimum atomic E-state index is 0.516. The summed E-state index contributed by atoms with van der Waals surface area (Å²) in [6.45, 7) is 3.07. The molecule has 0 fully saturated rings. The lowest BCUT2D eigenvalue weighted by atomic mass is 10.1. The summed E-state index contributed by atoms with van der Waals surface area (Å²) in [6, 6.07) is 2.36. The minimum absolute atomic E-state index is 0.516. The highest BCUT2D eigenvalue weighted by Crippen LogP contribution is 2.07. The standard InChI is InChI=1S/C12H23N5/c1-5-6-10(17(3)4)9-15-12-14-8-7-11(13-2)16-12/h7-8,10H,5-6,9H2,1-4H3,(H2,13,14,15,16)/t10-/m1/s1. The molecule has 17 heavy (non-hydrogen) atoms. The Labute approximate surface area is 104 Å². The molecule has 1 atom stereocenters. The molecule has 0 saturated heterocycles. The van der Waals surface area contributed by atoms with E-state index >= 15 is 0 Å². The molecule has 0 aliphatic heterocycles. The van der Waals surface area contributed by atoms with Crippen LogP contribution in [0.25, 0.3) is 0 Å². The van der Waals surface area contributed by atoms with Crippen molar-refractivity contribution in [3.8, 4) is 0 Å². The highest BCUT2D eigenvalue weighted by atomic mass is 15.2. The van der Waals surface area contributed by atoms with E-state index in [1.165, 1.54) is 12.8 Å². The van der Waals surface area contributed by atoms with E-state index in [0.717, 1.165) is 12.4 Å². The molecule has 0 aliphatic carbocycles. The van der Waals surface area contributed by atoms with Crippen LogP contribution in [0.3, 0.4) is 0 Å². The topological polar surface area (TPSA) is 53.1 Å². The van der Waals surface area contributed by atoms with Crippen molar-refractivity contribution in [2.75, 3.05) is 38.3 Å². The Morgan fingerprint density at radius 1 is 1.41 bits per heavy atom. The van der Waals surface area contributed by atoms with E-state index < -0.39 is 0 Å². The average Bonchev–Trinajstić information content (AvgIpc) is 2.34. The molecule has 2 N–H and O–H groups in total. The Hall–Kier alpha value is -1.36. The van der Waals surface area contributed by atoms with Crippen LogP contribution in [-0.4, -0.2) is 48.6 Å². The number of hydrogen-bond donors (Lipinski definition) is 2. The van der Waals surface area contributed by atoms with Crippen LogP contribution in [0, 0.1) is 0 Å². The monoisotopic (exact) mass is 237 g/mol. The molecule has 1 aromatic rings. The summed E-state index contributed by atoms with van der Waals surface area (Å²) in [7, 11) is 6.06. The van der Waals surface area contributed by atoms with Crippen LogP contribution in [-0.2, 0) is 0 Å². The number of nitrogens with zero attached hydrogens (tertiary/aromatic N) is 3. The molecule has 0 aromatic carbocycles. The van der Waals surface area contributed by atoms with Gasteiger partial charge in [-0.1, -0.05) is 13.3 Å². The van der Waals surface area contributed by atoms with E-state index in [0.29, 0.717) is 12.0 Å². The van der Waals surface area contributed by atoms with Crippen molar-refractivity contribution in [1.29, 1.82) is 0 Å². The molecule has 5 nitrogen and oxygen atoms in total. The van der Waals surface area contributed by atoms with Gasteiger partial charge in [-0.25, -0.2) is 4.98 Å².